The molecule has 0 spiro atoms. The molecule has 8 heteroatoms. The quantitative estimate of drug-likeness (QED) is 0.437. The van der Waals surface area contributed by atoms with E-state index in [0.29, 0.717) is 33.1 Å². The van der Waals surface area contributed by atoms with E-state index < -0.39 is 0 Å². The van der Waals surface area contributed by atoms with E-state index in [9.17, 15) is 9.59 Å². The molecule has 0 fully saturated rings. The highest BCUT2D eigenvalue weighted by atomic mass is 35.5. The third kappa shape index (κ3) is 4.04. The van der Waals surface area contributed by atoms with Crippen molar-refractivity contribution in [1.82, 2.24) is 14.9 Å². The van der Waals surface area contributed by atoms with E-state index in [1.165, 1.54) is 4.57 Å². The van der Waals surface area contributed by atoms with Gasteiger partial charge in [-0.15, -0.1) is 6.58 Å². The zero-order valence-electron chi connectivity index (χ0n) is 15.0. The van der Waals surface area contributed by atoms with Crippen molar-refractivity contribution in [3.8, 4) is 0 Å². The highest BCUT2D eigenvalue weighted by Crippen LogP contribution is 2.26. The summed E-state index contributed by atoms with van der Waals surface area (Å²) in [7, 11) is 0. The van der Waals surface area contributed by atoms with Crippen molar-refractivity contribution >= 4 is 52.2 Å². The molecule has 1 amide bonds. The second-order valence-electron chi connectivity index (χ2n) is 6.26. The van der Waals surface area contributed by atoms with Crippen molar-refractivity contribution in [3.05, 3.63) is 85.4 Å². The Hall–Kier alpha value is -2.41. The number of carbonyl (C=O) groups excluding carboxylic acids is 1. The molecule has 0 saturated carbocycles. The lowest BCUT2D eigenvalue weighted by molar-refractivity contribution is 0.0940. The number of nitrogens with zero attached hydrogens (tertiary/aromatic N) is 1. The van der Waals surface area contributed by atoms with Gasteiger partial charge in [0.05, 0.1) is 16.9 Å². The van der Waals surface area contributed by atoms with Crippen molar-refractivity contribution in [1.29, 1.82) is 0 Å². The molecular formula is C20H17Cl2N3O2S. The summed E-state index contributed by atoms with van der Waals surface area (Å²) >= 11 is 17.4. The van der Waals surface area contributed by atoms with Crippen molar-refractivity contribution in [3.63, 3.8) is 0 Å². The number of fused-ring (bicyclic) bond motifs is 1. The van der Waals surface area contributed by atoms with E-state index in [2.05, 4.69) is 16.9 Å². The van der Waals surface area contributed by atoms with Crippen LogP contribution in [0.2, 0.25) is 10.0 Å². The van der Waals surface area contributed by atoms with Crippen LogP contribution in [0.15, 0.2) is 53.8 Å². The first-order chi connectivity index (χ1) is 13.3. The lowest BCUT2D eigenvalue weighted by Crippen LogP contribution is -2.27. The molecule has 1 aromatic heterocycles. The Morgan fingerprint density at radius 2 is 2.07 bits per heavy atom. The van der Waals surface area contributed by atoms with E-state index in [1.807, 2.05) is 6.92 Å². The van der Waals surface area contributed by atoms with Crippen LogP contribution in [-0.4, -0.2) is 15.5 Å². The van der Waals surface area contributed by atoms with Gasteiger partial charge in [-0.3, -0.25) is 14.2 Å². The van der Waals surface area contributed by atoms with Gasteiger partial charge < -0.3 is 10.3 Å². The molecule has 3 rings (SSSR count). The topological polar surface area (TPSA) is 66.9 Å². The number of H-pyrrole nitrogens is 1. The van der Waals surface area contributed by atoms with E-state index in [-0.39, 0.29) is 22.3 Å². The van der Waals surface area contributed by atoms with Crippen LogP contribution in [0.25, 0.3) is 10.9 Å². The van der Waals surface area contributed by atoms with E-state index >= 15 is 0 Å². The highest BCUT2D eigenvalue weighted by Gasteiger charge is 2.15. The predicted molar refractivity (Wildman–Crippen MR) is 116 cm³/mol. The summed E-state index contributed by atoms with van der Waals surface area (Å²) < 4.78 is 1.69. The normalized spacial score (nSPS) is 12.0. The van der Waals surface area contributed by atoms with Crippen LogP contribution in [0.1, 0.15) is 28.9 Å². The fourth-order valence-corrected chi connectivity index (χ4v) is 3.74. The molecule has 0 radical (unpaired) electrons. The maximum atomic E-state index is 12.7. The zero-order chi connectivity index (χ0) is 20.4. The molecule has 1 atom stereocenters. The summed E-state index contributed by atoms with van der Waals surface area (Å²) in [5.74, 6) is -0.296. The first-order valence-electron chi connectivity index (χ1n) is 8.45. The number of halogens is 2. The lowest BCUT2D eigenvalue weighted by atomic mass is 10.1. The molecule has 0 saturated heterocycles. The third-order valence-electron chi connectivity index (χ3n) is 4.33. The molecule has 0 aliphatic heterocycles. The minimum absolute atomic E-state index is 0.230. The first kappa shape index (κ1) is 20.3. The van der Waals surface area contributed by atoms with Crippen LogP contribution < -0.4 is 10.9 Å². The summed E-state index contributed by atoms with van der Waals surface area (Å²) in [5.41, 5.74) is 1.43. The molecule has 144 valence electrons. The second kappa shape index (κ2) is 8.31. The van der Waals surface area contributed by atoms with Gasteiger partial charge in [-0.25, -0.2) is 0 Å². The number of hydrogen-bond acceptors (Lipinski definition) is 3. The van der Waals surface area contributed by atoms with Gasteiger partial charge in [0.15, 0.2) is 4.77 Å². The largest absolute Gasteiger partial charge is 0.345 e. The van der Waals surface area contributed by atoms with Gasteiger partial charge in [0.1, 0.15) is 0 Å². The molecule has 1 heterocycles. The average molecular weight is 434 g/mol. The molecule has 5 nitrogen and oxygen atoms in total. The van der Waals surface area contributed by atoms with Gasteiger partial charge in [0, 0.05) is 22.2 Å². The maximum absolute atomic E-state index is 12.7. The Labute approximate surface area is 176 Å². The molecule has 0 aliphatic carbocycles. The monoisotopic (exact) mass is 433 g/mol. The summed E-state index contributed by atoms with van der Waals surface area (Å²) in [5, 5.41) is 4.35. The van der Waals surface area contributed by atoms with Crippen LogP contribution >= 0.6 is 35.4 Å². The van der Waals surface area contributed by atoms with Gasteiger partial charge >= 0.3 is 0 Å². The Bertz CT molecular complexity index is 1200. The SMILES string of the molecule is C=CCn1c(=S)[nH]c2cc(C(=O)NC(C)c3ccc(Cl)cc3Cl)ccc2c1=O. The van der Waals surface area contributed by atoms with Crippen molar-refractivity contribution < 1.29 is 4.79 Å². The van der Waals surface area contributed by atoms with E-state index in [4.69, 9.17) is 35.4 Å². The van der Waals surface area contributed by atoms with Gasteiger partial charge in [0.25, 0.3) is 11.5 Å². The standard InChI is InChI=1S/C20H17Cl2N3O2S/c1-3-8-25-19(27)15-6-4-12(9-17(15)24-20(25)28)18(26)23-11(2)14-7-5-13(21)10-16(14)22/h3-7,9-11H,1,8H2,2H3,(H,23,26)(H,24,28). The van der Waals surface area contributed by atoms with Crippen LogP contribution in [0.5, 0.6) is 0 Å². The number of nitrogens with one attached hydrogen (secondary N) is 2. The summed E-state index contributed by atoms with van der Waals surface area (Å²) in [4.78, 5) is 28.2. The van der Waals surface area contributed by atoms with Gasteiger partial charge in [-0.1, -0.05) is 35.3 Å². The summed E-state index contributed by atoms with van der Waals surface area (Å²) in [6.07, 6.45) is 1.60. The Morgan fingerprint density at radius 1 is 1.32 bits per heavy atom. The second-order valence-corrected chi connectivity index (χ2v) is 7.49. The Kier molecular flexibility index (Phi) is 6.03. The molecular weight excluding hydrogens is 417 g/mol. The fraction of sp³-hybridized carbons (Fsp3) is 0.150. The zero-order valence-corrected chi connectivity index (χ0v) is 17.3. The lowest BCUT2D eigenvalue weighted by Gasteiger charge is -2.16. The molecule has 1 unspecified atom stereocenters. The Balaban J connectivity index is 1.92. The van der Waals surface area contributed by atoms with Crippen LogP contribution in [0.4, 0.5) is 0 Å². The number of amides is 1. The number of carbonyl (C=O) groups is 1. The molecule has 0 aliphatic rings. The number of aromatic nitrogens is 2. The van der Waals surface area contributed by atoms with E-state index in [0.717, 1.165) is 5.56 Å². The number of aromatic amines is 1. The molecule has 0 bridgehead atoms. The minimum atomic E-state index is -0.327. The van der Waals surface area contributed by atoms with Crippen molar-refractivity contribution in [2.75, 3.05) is 0 Å². The summed E-state index contributed by atoms with van der Waals surface area (Å²) in [6.45, 7) is 5.77. The third-order valence-corrected chi connectivity index (χ3v) is 5.22. The smallest absolute Gasteiger partial charge is 0.262 e. The molecule has 2 aromatic carbocycles. The van der Waals surface area contributed by atoms with Crippen molar-refractivity contribution in [2.45, 2.75) is 19.5 Å². The predicted octanol–water partition coefficient (Wildman–Crippen LogP) is 5.04. The number of allylic oxidation sites excluding steroid dienone is 1. The van der Waals surface area contributed by atoms with Gasteiger partial charge in [-0.2, -0.15) is 0 Å². The minimum Gasteiger partial charge on any atom is -0.345 e. The molecule has 28 heavy (non-hydrogen) atoms. The number of hydrogen-bond donors (Lipinski definition) is 2. The fourth-order valence-electron chi connectivity index (χ4n) is 2.90. The Morgan fingerprint density at radius 3 is 2.75 bits per heavy atom. The number of rotatable bonds is 5. The first-order valence-corrected chi connectivity index (χ1v) is 9.62. The van der Waals surface area contributed by atoms with Crippen LogP contribution in [0, 0.1) is 4.77 Å². The highest BCUT2D eigenvalue weighted by molar-refractivity contribution is 7.71. The summed E-state index contributed by atoms with van der Waals surface area (Å²) in [6, 6.07) is 9.61. The molecule has 3 aromatic rings. The average Bonchev–Trinajstić information content (AvgIpc) is 2.64. The van der Waals surface area contributed by atoms with Gasteiger partial charge in [-0.05, 0) is 55.0 Å². The van der Waals surface area contributed by atoms with Gasteiger partial charge in [0.2, 0.25) is 0 Å². The van der Waals surface area contributed by atoms with E-state index in [1.54, 1.807) is 42.5 Å². The maximum Gasteiger partial charge on any atom is 0.262 e. The number of benzene rings is 2. The van der Waals surface area contributed by atoms with Crippen molar-refractivity contribution in [2.24, 2.45) is 0 Å². The van der Waals surface area contributed by atoms with Crippen LogP contribution in [0.3, 0.4) is 0 Å². The van der Waals surface area contributed by atoms with Crippen LogP contribution in [-0.2, 0) is 6.54 Å². The molecule has 2 N–H and O–H groups in total.